The summed E-state index contributed by atoms with van der Waals surface area (Å²) in [6.07, 6.45) is 28.7. The second-order valence-electron chi connectivity index (χ2n) is 6.99. The van der Waals surface area contributed by atoms with Gasteiger partial charge in [-0.05, 0) is 24.2 Å². The first-order valence-corrected chi connectivity index (χ1v) is 9.95. The first-order valence-electron chi connectivity index (χ1n) is 9.95. The minimum atomic E-state index is -0.276. The Labute approximate surface area is 161 Å². The summed E-state index contributed by atoms with van der Waals surface area (Å²) in [5.74, 6) is 7.43. The van der Waals surface area contributed by atoms with Crippen LogP contribution in [0.2, 0.25) is 0 Å². The molecule has 3 nitrogen and oxygen atoms in total. The molecule has 26 heavy (non-hydrogen) atoms. The monoisotopic (exact) mass is 358 g/mol. The van der Waals surface area contributed by atoms with Crippen LogP contribution in [0.15, 0.2) is 0 Å². The van der Waals surface area contributed by atoms with Crippen LogP contribution in [-0.4, -0.2) is 43.2 Å². The zero-order valence-electron chi connectivity index (χ0n) is 16.6. The summed E-state index contributed by atoms with van der Waals surface area (Å²) in [6.45, 7) is 3.84. The van der Waals surface area contributed by atoms with Crippen LogP contribution >= 0.6 is 0 Å². The Hall–Kier alpha value is -1.89. The highest BCUT2D eigenvalue weighted by molar-refractivity contribution is 5.70. The van der Waals surface area contributed by atoms with E-state index in [0.29, 0.717) is 26.2 Å². The molecular formula is C23H36NO2+. The predicted octanol–water partition coefficient (Wildman–Crippen LogP) is 4.17. The molecule has 0 rings (SSSR count). The molecular weight excluding hydrogens is 322 g/mol. The van der Waals surface area contributed by atoms with Crippen molar-refractivity contribution < 1.29 is 14.0 Å². The lowest BCUT2D eigenvalue weighted by Crippen LogP contribution is -2.52. The van der Waals surface area contributed by atoms with Gasteiger partial charge < -0.3 is 4.74 Å². The molecule has 0 radical (unpaired) electrons. The molecule has 0 amide bonds. The smallest absolute Gasteiger partial charge is 0.361 e. The molecule has 0 aromatic heterocycles. The third kappa shape index (κ3) is 12.5. The van der Waals surface area contributed by atoms with Crippen LogP contribution in [0.3, 0.4) is 0 Å². The molecule has 144 valence electrons. The number of rotatable bonds is 16. The standard InChI is InChI=1S/C23H36NO2/c1-5-9-10-11-12-13-14-15-16-17-21-26-23(25)22-24(18-6-2,19-7-3)20-8-4/h2-4H,5,9-22H2,1H3/q+1. The number of carbonyl (C=O) groups excluding carboxylic acids is 1. The van der Waals surface area contributed by atoms with Gasteiger partial charge >= 0.3 is 5.97 Å². The van der Waals surface area contributed by atoms with E-state index < -0.39 is 0 Å². The summed E-state index contributed by atoms with van der Waals surface area (Å²) in [7, 11) is 0. The molecule has 0 bridgehead atoms. The van der Waals surface area contributed by atoms with Crippen molar-refractivity contribution >= 4 is 5.97 Å². The predicted molar refractivity (Wildman–Crippen MR) is 109 cm³/mol. The summed E-state index contributed by atoms with van der Waals surface area (Å²) >= 11 is 0. The van der Waals surface area contributed by atoms with Gasteiger partial charge in [-0.1, -0.05) is 64.7 Å². The lowest BCUT2D eigenvalue weighted by Gasteiger charge is -2.32. The van der Waals surface area contributed by atoms with Crippen molar-refractivity contribution in [1.29, 1.82) is 0 Å². The van der Waals surface area contributed by atoms with Crippen LogP contribution in [0.1, 0.15) is 71.1 Å². The van der Waals surface area contributed by atoms with Gasteiger partial charge in [0.2, 0.25) is 0 Å². The molecule has 0 aromatic carbocycles. The van der Waals surface area contributed by atoms with Gasteiger partial charge in [-0.25, -0.2) is 4.79 Å². The molecule has 0 aromatic rings. The Morgan fingerprint density at radius 3 is 1.62 bits per heavy atom. The average molecular weight is 359 g/mol. The van der Waals surface area contributed by atoms with E-state index in [-0.39, 0.29) is 17.0 Å². The number of unbranched alkanes of at least 4 members (excludes halogenated alkanes) is 9. The molecule has 0 aliphatic heterocycles. The lowest BCUT2D eigenvalue weighted by atomic mass is 10.1. The largest absolute Gasteiger partial charge is 0.462 e. The highest BCUT2D eigenvalue weighted by Crippen LogP contribution is 2.11. The van der Waals surface area contributed by atoms with Crippen molar-refractivity contribution in [3.05, 3.63) is 0 Å². The third-order valence-corrected chi connectivity index (χ3v) is 4.51. The normalized spacial score (nSPS) is 10.5. The van der Waals surface area contributed by atoms with Crippen LogP contribution in [-0.2, 0) is 9.53 Å². The Kier molecular flexibility index (Phi) is 15.4. The van der Waals surface area contributed by atoms with E-state index in [2.05, 4.69) is 24.7 Å². The first kappa shape index (κ1) is 24.1. The molecule has 0 atom stereocenters. The van der Waals surface area contributed by atoms with Crippen molar-refractivity contribution in [2.75, 3.05) is 32.8 Å². The Bertz CT molecular complexity index is 449. The minimum absolute atomic E-state index is 0.135. The van der Waals surface area contributed by atoms with Crippen LogP contribution in [0.5, 0.6) is 0 Å². The molecule has 0 saturated carbocycles. The number of quaternary nitrogens is 1. The van der Waals surface area contributed by atoms with Gasteiger partial charge in [0.05, 0.1) is 6.61 Å². The van der Waals surface area contributed by atoms with Gasteiger partial charge in [0.15, 0.2) is 6.54 Å². The van der Waals surface area contributed by atoms with Gasteiger partial charge in [0, 0.05) is 0 Å². The number of esters is 1. The molecule has 0 heterocycles. The van der Waals surface area contributed by atoms with E-state index in [0.717, 1.165) is 12.8 Å². The summed E-state index contributed by atoms with van der Waals surface area (Å²) < 4.78 is 5.56. The van der Waals surface area contributed by atoms with Gasteiger partial charge in [-0.15, -0.1) is 19.3 Å². The van der Waals surface area contributed by atoms with Crippen molar-refractivity contribution in [2.24, 2.45) is 0 Å². The Morgan fingerprint density at radius 2 is 1.19 bits per heavy atom. The van der Waals surface area contributed by atoms with Gasteiger partial charge in [-0.2, -0.15) is 0 Å². The van der Waals surface area contributed by atoms with Crippen LogP contribution in [0.25, 0.3) is 0 Å². The first-order chi connectivity index (χ1) is 12.6. The Morgan fingerprint density at radius 1 is 0.769 bits per heavy atom. The number of terminal acetylenes is 3. The quantitative estimate of drug-likeness (QED) is 0.179. The fourth-order valence-electron chi connectivity index (χ4n) is 3.01. The molecule has 0 aliphatic carbocycles. The zero-order chi connectivity index (χ0) is 19.5. The van der Waals surface area contributed by atoms with E-state index in [9.17, 15) is 4.79 Å². The van der Waals surface area contributed by atoms with Gasteiger partial charge in [-0.3, -0.25) is 4.48 Å². The average Bonchev–Trinajstić information content (AvgIpc) is 2.60. The molecule has 0 N–H and O–H groups in total. The van der Waals surface area contributed by atoms with Crippen LogP contribution < -0.4 is 0 Å². The number of hydrogen-bond donors (Lipinski definition) is 0. The highest BCUT2D eigenvalue weighted by Gasteiger charge is 2.28. The van der Waals surface area contributed by atoms with Crippen molar-refractivity contribution in [2.45, 2.75) is 71.1 Å². The number of hydrogen-bond acceptors (Lipinski definition) is 2. The second-order valence-corrected chi connectivity index (χ2v) is 6.99. The molecule has 0 spiro atoms. The van der Waals surface area contributed by atoms with E-state index in [1.807, 2.05) is 0 Å². The van der Waals surface area contributed by atoms with Gasteiger partial charge in [0.1, 0.15) is 19.6 Å². The van der Waals surface area contributed by atoms with Crippen LogP contribution in [0, 0.1) is 37.0 Å². The summed E-state index contributed by atoms with van der Waals surface area (Å²) in [4.78, 5) is 12.1. The highest BCUT2D eigenvalue weighted by atomic mass is 16.5. The summed E-state index contributed by atoms with van der Waals surface area (Å²) in [5, 5.41) is 0. The van der Waals surface area contributed by atoms with Gasteiger partial charge in [0.25, 0.3) is 0 Å². The third-order valence-electron chi connectivity index (χ3n) is 4.51. The molecule has 0 fully saturated rings. The van der Waals surface area contributed by atoms with E-state index in [4.69, 9.17) is 24.0 Å². The van der Waals surface area contributed by atoms with E-state index in [1.165, 1.54) is 51.4 Å². The molecule has 0 unspecified atom stereocenters. The van der Waals surface area contributed by atoms with Crippen molar-refractivity contribution in [3.63, 3.8) is 0 Å². The summed E-state index contributed by atoms with van der Waals surface area (Å²) in [6, 6.07) is 0. The fraction of sp³-hybridized carbons (Fsp3) is 0.696. The van der Waals surface area contributed by atoms with Crippen molar-refractivity contribution in [1.82, 2.24) is 0 Å². The maximum atomic E-state index is 12.1. The summed E-state index contributed by atoms with van der Waals surface area (Å²) in [5.41, 5.74) is 0. The number of carbonyl (C=O) groups is 1. The SMILES string of the molecule is C#CC[N+](CC#C)(CC#C)CC(=O)OCCCCCCCCCCCC. The molecule has 0 aliphatic rings. The van der Waals surface area contributed by atoms with E-state index in [1.54, 1.807) is 0 Å². The zero-order valence-corrected chi connectivity index (χ0v) is 16.6. The Balaban J connectivity index is 3.86. The maximum absolute atomic E-state index is 12.1. The minimum Gasteiger partial charge on any atom is -0.462 e. The van der Waals surface area contributed by atoms with Crippen LogP contribution in [0.4, 0.5) is 0 Å². The number of ether oxygens (including phenoxy) is 1. The lowest BCUT2D eigenvalue weighted by molar-refractivity contribution is -0.901. The fourth-order valence-corrected chi connectivity index (χ4v) is 3.01. The second kappa shape index (κ2) is 16.6. The molecule has 0 saturated heterocycles. The van der Waals surface area contributed by atoms with E-state index >= 15 is 0 Å². The van der Waals surface area contributed by atoms with Crippen molar-refractivity contribution in [3.8, 4) is 37.0 Å². The maximum Gasteiger partial charge on any atom is 0.361 e. The number of nitrogens with zero attached hydrogens (tertiary/aromatic N) is 1. The molecule has 3 heteroatoms. The topological polar surface area (TPSA) is 26.3 Å².